The molecule has 5 nitrogen and oxygen atoms in total. The van der Waals surface area contributed by atoms with E-state index in [1.54, 1.807) is 0 Å². The van der Waals surface area contributed by atoms with Crippen LogP contribution in [0.25, 0.3) is 0 Å². The van der Waals surface area contributed by atoms with E-state index in [2.05, 4.69) is 25.1 Å². The van der Waals surface area contributed by atoms with Gasteiger partial charge in [-0.2, -0.15) is 0 Å². The number of carbonyl (C=O) groups excluding carboxylic acids is 2. The van der Waals surface area contributed by atoms with Crippen molar-refractivity contribution in [1.29, 1.82) is 0 Å². The van der Waals surface area contributed by atoms with Gasteiger partial charge in [0.25, 0.3) is 0 Å². The van der Waals surface area contributed by atoms with E-state index in [9.17, 15) is 9.59 Å². The Balaban J connectivity index is 1.36. The van der Waals surface area contributed by atoms with E-state index in [-0.39, 0.29) is 29.4 Å². The number of ether oxygens (including phenoxy) is 3. The van der Waals surface area contributed by atoms with Gasteiger partial charge in [0.05, 0.1) is 13.7 Å². The molecule has 5 heteroatoms. The molecule has 4 aliphatic rings. The highest BCUT2D eigenvalue weighted by Gasteiger charge is 2.59. The SMILES string of the molecule is COC(=O)[C@@H]1C[C@H]2[C@@H]3CCc4cc(OC5CCCCO5)ccc4[C@H]3CC[C@]2(C)C1=O. The molecule has 30 heavy (non-hydrogen) atoms. The summed E-state index contributed by atoms with van der Waals surface area (Å²) in [6.07, 6.45) is 7.71. The number of carbonyl (C=O) groups is 2. The monoisotopic (exact) mass is 412 g/mol. The van der Waals surface area contributed by atoms with Crippen LogP contribution >= 0.6 is 0 Å². The summed E-state index contributed by atoms with van der Waals surface area (Å²) >= 11 is 0. The maximum absolute atomic E-state index is 13.1. The first-order valence-corrected chi connectivity index (χ1v) is 11.5. The number of Topliss-reactive ketones (excluding diaryl/α,β-unsaturated/α-hetero) is 1. The fraction of sp³-hybridized carbons (Fsp3) is 0.680. The number of aryl methyl sites for hydroxylation is 1. The lowest BCUT2D eigenvalue weighted by Gasteiger charge is -2.48. The molecule has 1 aromatic rings. The molecule has 0 spiro atoms. The highest BCUT2D eigenvalue weighted by Crippen LogP contribution is 2.61. The van der Waals surface area contributed by atoms with Crippen LogP contribution in [0.5, 0.6) is 5.75 Å². The topological polar surface area (TPSA) is 61.8 Å². The van der Waals surface area contributed by atoms with Crippen molar-refractivity contribution in [3.8, 4) is 5.75 Å². The third-order valence-electron chi connectivity index (χ3n) is 8.35. The molecule has 0 amide bonds. The lowest BCUT2D eigenvalue weighted by atomic mass is 9.55. The molecule has 5 rings (SSSR count). The van der Waals surface area contributed by atoms with E-state index < -0.39 is 5.92 Å². The van der Waals surface area contributed by atoms with Crippen LogP contribution in [-0.2, 0) is 25.5 Å². The van der Waals surface area contributed by atoms with E-state index in [0.717, 1.165) is 57.3 Å². The summed E-state index contributed by atoms with van der Waals surface area (Å²) < 4.78 is 16.8. The van der Waals surface area contributed by atoms with E-state index >= 15 is 0 Å². The number of rotatable bonds is 3. The predicted octanol–water partition coefficient (Wildman–Crippen LogP) is 4.42. The van der Waals surface area contributed by atoms with Gasteiger partial charge in [0, 0.05) is 11.8 Å². The lowest BCUT2D eigenvalue weighted by Crippen LogP contribution is -2.43. The molecule has 3 fully saturated rings. The van der Waals surface area contributed by atoms with Gasteiger partial charge in [0.2, 0.25) is 0 Å². The zero-order chi connectivity index (χ0) is 20.9. The Morgan fingerprint density at radius 2 is 2.07 bits per heavy atom. The minimum Gasteiger partial charge on any atom is -0.468 e. The van der Waals surface area contributed by atoms with Crippen LogP contribution < -0.4 is 4.74 Å². The minimum absolute atomic E-state index is 0.111. The van der Waals surface area contributed by atoms with Gasteiger partial charge in [-0.3, -0.25) is 9.59 Å². The van der Waals surface area contributed by atoms with Gasteiger partial charge >= 0.3 is 5.97 Å². The van der Waals surface area contributed by atoms with E-state index in [1.807, 2.05) is 0 Å². The lowest BCUT2D eigenvalue weighted by molar-refractivity contribution is -0.149. The molecule has 0 radical (unpaired) electrons. The summed E-state index contributed by atoms with van der Waals surface area (Å²) in [6, 6.07) is 6.53. The third kappa shape index (κ3) is 3.17. The van der Waals surface area contributed by atoms with Crippen molar-refractivity contribution >= 4 is 11.8 Å². The van der Waals surface area contributed by atoms with Crippen molar-refractivity contribution in [2.24, 2.45) is 23.2 Å². The van der Waals surface area contributed by atoms with Crippen molar-refractivity contribution in [3.05, 3.63) is 29.3 Å². The van der Waals surface area contributed by atoms with Crippen LogP contribution in [-0.4, -0.2) is 31.8 Å². The molecule has 1 saturated heterocycles. The van der Waals surface area contributed by atoms with Crippen LogP contribution in [0.4, 0.5) is 0 Å². The molecule has 0 aromatic heterocycles. The number of methoxy groups -OCH3 is 1. The molecule has 1 aliphatic heterocycles. The Morgan fingerprint density at radius 3 is 2.83 bits per heavy atom. The zero-order valence-corrected chi connectivity index (χ0v) is 18.0. The first kappa shape index (κ1) is 20.0. The molecule has 2 saturated carbocycles. The van der Waals surface area contributed by atoms with Crippen molar-refractivity contribution in [3.63, 3.8) is 0 Å². The van der Waals surface area contributed by atoms with Crippen LogP contribution in [0, 0.1) is 23.2 Å². The Kier molecular flexibility index (Phi) is 5.12. The maximum atomic E-state index is 13.1. The Morgan fingerprint density at radius 1 is 1.20 bits per heavy atom. The second-order valence-corrected chi connectivity index (χ2v) is 9.82. The van der Waals surface area contributed by atoms with Gasteiger partial charge in [-0.15, -0.1) is 0 Å². The van der Waals surface area contributed by atoms with E-state index in [0.29, 0.717) is 18.3 Å². The number of hydrogen-bond acceptors (Lipinski definition) is 5. The second-order valence-electron chi connectivity index (χ2n) is 9.82. The van der Waals surface area contributed by atoms with E-state index in [4.69, 9.17) is 14.2 Å². The highest BCUT2D eigenvalue weighted by molar-refractivity contribution is 6.03. The molecule has 162 valence electrons. The van der Waals surface area contributed by atoms with Gasteiger partial charge in [0.1, 0.15) is 11.7 Å². The van der Waals surface area contributed by atoms with Crippen molar-refractivity contribution in [2.45, 2.75) is 70.5 Å². The second kappa shape index (κ2) is 7.67. The first-order chi connectivity index (χ1) is 14.5. The molecule has 1 heterocycles. The Bertz CT molecular complexity index is 842. The number of esters is 1. The smallest absolute Gasteiger partial charge is 0.316 e. The number of ketones is 1. The molecule has 3 aliphatic carbocycles. The van der Waals surface area contributed by atoms with Gasteiger partial charge in [-0.05, 0) is 86.0 Å². The molecular formula is C25H32O5. The van der Waals surface area contributed by atoms with Gasteiger partial charge in [-0.1, -0.05) is 13.0 Å². The zero-order valence-electron chi connectivity index (χ0n) is 18.0. The quantitative estimate of drug-likeness (QED) is 0.543. The standard InChI is InChI=1S/C25H32O5/c1-25-11-10-18-17-9-7-16(30-22-5-3-4-12-29-22)13-15(17)6-8-19(18)21(25)14-20(23(25)26)24(27)28-2/h7,9,13,18-22H,3-6,8,10-12,14H2,1-2H3/t18-,19-,20-,21+,22?,25+/m1/s1. The molecular weight excluding hydrogens is 380 g/mol. The fourth-order valence-corrected chi connectivity index (χ4v) is 6.75. The Labute approximate surface area is 178 Å². The number of hydrogen-bond donors (Lipinski definition) is 0. The highest BCUT2D eigenvalue weighted by atomic mass is 16.7. The van der Waals surface area contributed by atoms with Crippen LogP contribution in [0.15, 0.2) is 18.2 Å². The van der Waals surface area contributed by atoms with Gasteiger partial charge in [-0.25, -0.2) is 0 Å². The molecule has 1 aromatic carbocycles. The van der Waals surface area contributed by atoms with Gasteiger partial charge < -0.3 is 14.2 Å². The fourth-order valence-electron chi connectivity index (χ4n) is 6.75. The van der Waals surface area contributed by atoms with Gasteiger partial charge in [0.15, 0.2) is 12.1 Å². The van der Waals surface area contributed by atoms with E-state index in [1.165, 1.54) is 18.2 Å². The summed E-state index contributed by atoms with van der Waals surface area (Å²) in [6.45, 7) is 2.88. The Hall–Kier alpha value is -1.88. The molecule has 0 N–H and O–H groups in total. The molecule has 0 bridgehead atoms. The van der Waals surface area contributed by atoms with Crippen LogP contribution in [0.2, 0.25) is 0 Å². The summed E-state index contributed by atoms with van der Waals surface area (Å²) in [5.41, 5.74) is 2.42. The summed E-state index contributed by atoms with van der Waals surface area (Å²) in [5.74, 6) is 1.29. The van der Waals surface area contributed by atoms with Crippen molar-refractivity contribution < 1.29 is 23.8 Å². The largest absolute Gasteiger partial charge is 0.468 e. The first-order valence-electron chi connectivity index (χ1n) is 11.5. The third-order valence-corrected chi connectivity index (χ3v) is 8.35. The van der Waals surface area contributed by atoms with Crippen molar-refractivity contribution in [2.75, 3.05) is 13.7 Å². The average molecular weight is 413 g/mol. The number of benzene rings is 1. The molecule has 6 atom stereocenters. The summed E-state index contributed by atoms with van der Waals surface area (Å²) in [5, 5.41) is 0. The minimum atomic E-state index is -0.573. The molecule has 1 unspecified atom stereocenters. The predicted molar refractivity (Wildman–Crippen MR) is 111 cm³/mol. The summed E-state index contributed by atoms with van der Waals surface area (Å²) in [7, 11) is 1.39. The number of fused-ring (bicyclic) bond motifs is 5. The van der Waals surface area contributed by atoms with Crippen LogP contribution in [0.1, 0.15) is 68.9 Å². The van der Waals surface area contributed by atoms with Crippen LogP contribution in [0.3, 0.4) is 0 Å². The van der Waals surface area contributed by atoms with Crippen molar-refractivity contribution in [1.82, 2.24) is 0 Å². The average Bonchev–Trinajstić information content (AvgIpc) is 3.04. The summed E-state index contributed by atoms with van der Waals surface area (Å²) in [4.78, 5) is 25.3. The normalized spacial score (nSPS) is 37.7. The maximum Gasteiger partial charge on any atom is 0.316 e.